The third-order valence-corrected chi connectivity index (χ3v) is 2.44. The summed E-state index contributed by atoms with van der Waals surface area (Å²) < 4.78 is 6.96. The fraction of sp³-hybridized carbons (Fsp3) is 0.333. The molecule has 1 heterocycles. The topological polar surface area (TPSA) is 60.2 Å². The van der Waals surface area contributed by atoms with Gasteiger partial charge < -0.3 is 9.84 Å². The van der Waals surface area contributed by atoms with Crippen molar-refractivity contribution in [2.75, 3.05) is 7.11 Å². The Balaban J connectivity index is 2.42. The van der Waals surface area contributed by atoms with E-state index in [1.807, 2.05) is 24.3 Å². The molecule has 1 aromatic heterocycles. The van der Waals surface area contributed by atoms with Crippen LogP contribution < -0.4 is 4.74 Å². The van der Waals surface area contributed by atoms with Gasteiger partial charge in [-0.2, -0.15) is 0 Å². The molecule has 0 saturated heterocycles. The molecular weight excluding hydrogens is 218 g/mol. The second-order valence-corrected chi connectivity index (χ2v) is 3.86. The Morgan fingerprint density at radius 3 is 2.88 bits per heavy atom. The average Bonchev–Trinajstić information content (AvgIpc) is 2.76. The van der Waals surface area contributed by atoms with Crippen LogP contribution in [0.2, 0.25) is 0 Å². The maximum absolute atomic E-state index is 9.42. The van der Waals surface area contributed by atoms with Crippen LogP contribution in [0.1, 0.15) is 12.6 Å². The molecule has 0 fully saturated rings. The Labute approximate surface area is 99.7 Å². The van der Waals surface area contributed by atoms with Crippen molar-refractivity contribution in [1.82, 2.24) is 15.0 Å². The van der Waals surface area contributed by atoms with Crippen molar-refractivity contribution in [1.29, 1.82) is 0 Å². The highest BCUT2D eigenvalue weighted by molar-refractivity contribution is 5.46. The minimum atomic E-state index is -0.429. The molecule has 2 rings (SSSR count). The van der Waals surface area contributed by atoms with Gasteiger partial charge in [0.05, 0.1) is 25.1 Å². The van der Waals surface area contributed by atoms with Crippen molar-refractivity contribution in [3.05, 3.63) is 36.2 Å². The molecule has 0 spiro atoms. The lowest BCUT2D eigenvalue weighted by Crippen LogP contribution is -2.10. The third-order valence-electron chi connectivity index (χ3n) is 2.44. The second-order valence-electron chi connectivity index (χ2n) is 3.86. The summed E-state index contributed by atoms with van der Waals surface area (Å²) in [5.74, 6) is 0.727. The van der Waals surface area contributed by atoms with E-state index in [1.54, 1.807) is 24.9 Å². The van der Waals surface area contributed by atoms with Gasteiger partial charge in [0.25, 0.3) is 0 Å². The maximum atomic E-state index is 9.42. The molecule has 0 aliphatic carbocycles. The van der Waals surface area contributed by atoms with E-state index >= 15 is 0 Å². The minimum Gasteiger partial charge on any atom is -0.494 e. The van der Waals surface area contributed by atoms with Crippen molar-refractivity contribution in [3.8, 4) is 11.4 Å². The Morgan fingerprint density at radius 2 is 2.18 bits per heavy atom. The lowest BCUT2D eigenvalue weighted by Gasteiger charge is -2.11. The van der Waals surface area contributed by atoms with Crippen molar-refractivity contribution in [2.45, 2.75) is 19.4 Å². The number of nitrogens with zero attached hydrogens (tertiary/aromatic N) is 3. The molecule has 0 bridgehead atoms. The van der Waals surface area contributed by atoms with Crippen molar-refractivity contribution in [3.63, 3.8) is 0 Å². The highest BCUT2D eigenvalue weighted by Gasteiger charge is 2.12. The summed E-state index contributed by atoms with van der Waals surface area (Å²) in [5.41, 5.74) is 1.67. The van der Waals surface area contributed by atoms with E-state index in [9.17, 15) is 5.11 Å². The van der Waals surface area contributed by atoms with Crippen molar-refractivity contribution < 1.29 is 9.84 Å². The highest BCUT2D eigenvalue weighted by atomic mass is 16.5. The van der Waals surface area contributed by atoms with Crippen molar-refractivity contribution >= 4 is 0 Å². The van der Waals surface area contributed by atoms with E-state index in [0.717, 1.165) is 17.1 Å². The fourth-order valence-corrected chi connectivity index (χ4v) is 1.71. The molecule has 1 atom stereocenters. The van der Waals surface area contributed by atoms with Gasteiger partial charge in [-0.3, -0.25) is 0 Å². The SMILES string of the molecule is COc1ccccc1-n1nncc1CC(C)O. The fourth-order valence-electron chi connectivity index (χ4n) is 1.71. The molecule has 1 aromatic carbocycles. The molecule has 0 radical (unpaired) electrons. The van der Waals surface area contributed by atoms with Crippen LogP contribution in [0.5, 0.6) is 5.75 Å². The molecule has 17 heavy (non-hydrogen) atoms. The van der Waals surface area contributed by atoms with Crippen LogP contribution in [-0.2, 0) is 6.42 Å². The minimum absolute atomic E-state index is 0.429. The third kappa shape index (κ3) is 2.45. The average molecular weight is 233 g/mol. The van der Waals surface area contributed by atoms with Crippen LogP contribution in [-0.4, -0.2) is 33.3 Å². The van der Waals surface area contributed by atoms with Gasteiger partial charge in [-0.15, -0.1) is 5.10 Å². The van der Waals surface area contributed by atoms with Gasteiger partial charge in [0.2, 0.25) is 0 Å². The molecule has 0 aliphatic rings. The first-order chi connectivity index (χ1) is 8.22. The maximum Gasteiger partial charge on any atom is 0.144 e. The van der Waals surface area contributed by atoms with Gasteiger partial charge in [-0.25, -0.2) is 4.68 Å². The number of aliphatic hydroxyl groups is 1. The van der Waals surface area contributed by atoms with Crippen LogP contribution in [0.25, 0.3) is 5.69 Å². The van der Waals surface area contributed by atoms with E-state index in [2.05, 4.69) is 10.3 Å². The van der Waals surface area contributed by atoms with Crippen LogP contribution in [0.15, 0.2) is 30.5 Å². The summed E-state index contributed by atoms with van der Waals surface area (Å²) in [4.78, 5) is 0. The van der Waals surface area contributed by atoms with E-state index in [-0.39, 0.29) is 0 Å². The molecule has 1 N–H and O–H groups in total. The molecule has 90 valence electrons. The van der Waals surface area contributed by atoms with Gasteiger partial charge in [0.15, 0.2) is 0 Å². The first kappa shape index (κ1) is 11.6. The molecule has 2 aromatic rings. The number of benzene rings is 1. The summed E-state index contributed by atoms with van der Waals surface area (Å²) >= 11 is 0. The molecule has 0 saturated carbocycles. The Hall–Kier alpha value is -1.88. The van der Waals surface area contributed by atoms with Gasteiger partial charge in [-0.1, -0.05) is 17.3 Å². The quantitative estimate of drug-likeness (QED) is 0.862. The Kier molecular flexibility index (Phi) is 3.39. The van der Waals surface area contributed by atoms with Crippen LogP contribution in [0.3, 0.4) is 0 Å². The Morgan fingerprint density at radius 1 is 1.41 bits per heavy atom. The van der Waals surface area contributed by atoms with E-state index < -0.39 is 6.10 Å². The van der Waals surface area contributed by atoms with Gasteiger partial charge >= 0.3 is 0 Å². The second kappa shape index (κ2) is 4.97. The van der Waals surface area contributed by atoms with Gasteiger partial charge in [-0.05, 0) is 19.1 Å². The summed E-state index contributed by atoms with van der Waals surface area (Å²) in [6.07, 6.45) is 1.73. The predicted molar refractivity (Wildman–Crippen MR) is 63.3 cm³/mol. The molecule has 5 heteroatoms. The van der Waals surface area contributed by atoms with Gasteiger partial charge in [0, 0.05) is 6.42 Å². The number of aliphatic hydroxyl groups excluding tert-OH is 1. The van der Waals surface area contributed by atoms with Crippen LogP contribution in [0.4, 0.5) is 0 Å². The monoisotopic (exact) mass is 233 g/mol. The Bertz CT molecular complexity index is 494. The van der Waals surface area contributed by atoms with Crippen LogP contribution in [0, 0.1) is 0 Å². The van der Waals surface area contributed by atoms with Gasteiger partial charge in [0.1, 0.15) is 11.4 Å². The normalized spacial score (nSPS) is 12.4. The summed E-state index contributed by atoms with van der Waals surface area (Å²) in [7, 11) is 1.62. The zero-order valence-corrected chi connectivity index (χ0v) is 9.87. The molecular formula is C12H15N3O2. The zero-order chi connectivity index (χ0) is 12.3. The summed E-state index contributed by atoms with van der Waals surface area (Å²) in [6, 6.07) is 7.57. The molecule has 5 nitrogen and oxygen atoms in total. The lowest BCUT2D eigenvalue weighted by molar-refractivity contribution is 0.193. The predicted octanol–water partition coefficient (Wildman–Crippen LogP) is 1.20. The van der Waals surface area contributed by atoms with E-state index in [4.69, 9.17) is 4.74 Å². The number of rotatable bonds is 4. The highest BCUT2D eigenvalue weighted by Crippen LogP contribution is 2.22. The standard InChI is InChI=1S/C12H15N3O2/c1-9(16)7-10-8-13-14-15(10)11-5-3-4-6-12(11)17-2/h3-6,8-9,16H,7H2,1-2H3. The first-order valence-corrected chi connectivity index (χ1v) is 5.43. The largest absolute Gasteiger partial charge is 0.494 e. The van der Waals surface area contributed by atoms with Crippen molar-refractivity contribution in [2.24, 2.45) is 0 Å². The van der Waals surface area contributed by atoms with E-state index in [0.29, 0.717) is 6.42 Å². The first-order valence-electron chi connectivity index (χ1n) is 5.43. The number of methoxy groups -OCH3 is 1. The molecule has 0 amide bonds. The number of ether oxygens (including phenoxy) is 1. The number of hydrogen-bond donors (Lipinski definition) is 1. The zero-order valence-electron chi connectivity index (χ0n) is 9.87. The van der Waals surface area contributed by atoms with E-state index in [1.165, 1.54) is 0 Å². The smallest absolute Gasteiger partial charge is 0.144 e. The number of hydrogen-bond acceptors (Lipinski definition) is 4. The number of aromatic nitrogens is 3. The molecule has 0 aliphatic heterocycles. The van der Waals surface area contributed by atoms with Crippen LogP contribution >= 0.6 is 0 Å². The molecule has 1 unspecified atom stereocenters. The lowest BCUT2D eigenvalue weighted by atomic mass is 10.2. The summed E-state index contributed by atoms with van der Waals surface area (Å²) in [5, 5.41) is 17.3. The summed E-state index contributed by atoms with van der Waals surface area (Å²) in [6.45, 7) is 1.74. The number of para-hydroxylation sites is 2.